The first-order valence-electron chi connectivity index (χ1n) is 11.3. The maximum Gasteiger partial charge on any atom is 0.251 e. The minimum Gasteiger partial charge on any atom is -0.357 e. The molecule has 0 bridgehead atoms. The van der Waals surface area contributed by atoms with Crippen molar-refractivity contribution in [3.63, 3.8) is 0 Å². The Labute approximate surface area is 185 Å². The number of nitrogens with zero attached hydrogens (tertiary/aromatic N) is 2. The van der Waals surface area contributed by atoms with Crippen molar-refractivity contribution in [2.24, 2.45) is 11.8 Å². The number of pyridine rings is 1. The lowest BCUT2D eigenvalue weighted by atomic mass is 9.97. The van der Waals surface area contributed by atoms with Gasteiger partial charge in [-0.1, -0.05) is 51.5 Å². The SMILES string of the molecule is CCC(C)C(NC(=O)c1ccccc1)C(=O)NCc1ccc(N2CCC(C)CC2)nc1. The number of aromatic nitrogens is 1. The van der Waals surface area contributed by atoms with Crippen LogP contribution in [0.25, 0.3) is 0 Å². The van der Waals surface area contributed by atoms with Crippen molar-refractivity contribution >= 4 is 17.6 Å². The topological polar surface area (TPSA) is 74.3 Å². The number of nitrogens with one attached hydrogen (secondary N) is 2. The van der Waals surface area contributed by atoms with Crippen LogP contribution in [0.1, 0.15) is 56.0 Å². The zero-order valence-electron chi connectivity index (χ0n) is 18.8. The number of benzene rings is 1. The number of carbonyl (C=O) groups is 2. The van der Waals surface area contributed by atoms with Gasteiger partial charge in [-0.15, -0.1) is 0 Å². The van der Waals surface area contributed by atoms with Crippen LogP contribution in [-0.2, 0) is 11.3 Å². The van der Waals surface area contributed by atoms with E-state index < -0.39 is 6.04 Å². The summed E-state index contributed by atoms with van der Waals surface area (Å²) in [5.41, 5.74) is 1.50. The van der Waals surface area contributed by atoms with Crippen molar-refractivity contribution in [1.82, 2.24) is 15.6 Å². The molecule has 31 heavy (non-hydrogen) atoms. The fourth-order valence-electron chi connectivity index (χ4n) is 3.76. The molecule has 2 atom stereocenters. The van der Waals surface area contributed by atoms with Crippen molar-refractivity contribution in [3.8, 4) is 0 Å². The Kier molecular flexibility index (Phi) is 8.04. The minimum atomic E-state index is -0.583. The Hall–Kier alpha value is -2.89. The van der Waals surface area contributed by atoms with Crippen LogP contribution < -0.4 is 15.5 Å². The number of rotatable bonds is 8. The Morgan fingerprint density at radius 1 is 1.13 bits per heavy atom. The number of amides is 2. The van der Waals surface area contributed by atoms with Crippen LogP contribution in [0.4, 0.5) is 5.82 Å². The number of hydrogen-bond acceptors (Lipinski definition) is 4. The highest BCUT2D eigenvalue weighted by atomic mass is 16.2. The normalized spacial score (nSPS) is 16.4. The summed E-state index contributed by atoms with van der Waals surface area (Å²) in [7, 11) is 0. The standard InChI is InChI=1S/C25H34N4O2/c1-4-19(3)23(28-24(30)21-8-6-5-7-9-21)25(31)27-17-20-10-11-22(26-16-20)29-14-12-18(2)13-15-29/h5-11,16,18-19,23H,4,12-15,17H2,1-3H3,(H,27,31)(H,28,30). The van der Waals surface area contributed by atoms with E-state index in [-0.39, 0.29) is 17.7 Å². The molecular weight excluding hydrogens is 388 g/mol. The summed E-state index contributed by atoms with van der Waals surface area (Å²) in [5.74, 6) is 1.39. The number of piperidine rings is 1. The predicted octanol–water partition coefficient (Wildman–Crippen LogP) is 3.78. The summed E-state index contributed by atoms with van der Waals surface area (Å²) in [6.45, 7) is 8.77. The molecule has 1 saturated heterocycles. The molecule has 3 rings (SSSR count). The molecule has 2 unspecified atom stereocenters. The van der Waals surface area contributed by atoms with Gasteiger partial charge >= 0.3 is 0 Å². The number of carbonyl (C=O) groups excluding carboxylic acids is 2. The molecule has 6 heteroatoms. The Balaban J connectivity index is 1.57. The van der Waals surface area contributed by atoms with E-state index in [1.165, 1.54) is 12.8 Å². The average molecular weight is 423 g/mol. The summed E-state index contributed by atoms with van der Waals surface area (Å²) in [6.07, 6.45) is 5.02. The van der Waals surface area contributed by atoms with Crippen LogP contribution in [0.5, 0.6) is 0 Å². The van der Waals surface area contributed by atoms with Gasteiger partial charge in [0.15, 0.2) is 0 Å². The second kappa shape index (κ2) is 10.9. The molecule has 6 nitrogen and oxygen atoms in total. The van der Waals surface area contributed by atoms with E-state index in [9.17, 15) is 9.59 Å². The van der Waals surface area contributed by atoms with Crippen molar-refractivity contribution in [2.45, 2.75) is 52.6 Å². The third-order valence-corrected chi connectivity index (χ3v) is 6.20. The van der Waals surface area contributed by atoms with Crippen molar-refractivity contribution < 1.29 is 9.59 Å². The zero-order valence-corrected chi connectivity index (χ0v) is 18.8. The molecule has 2 heterocycles. The van der Waals surface area contributed by atoms with Crippen LogP contribution in [0.2, 0.25) is 0 Å². The molecule has 0 radical (unpaired) electrons. The van der Waals surface area contributed by atoms with E-state index in [1.807, 2.05) is 50.4 Å². The summed E-state index contributed by atoms with van der Waals surface area (Å²) < 4.78 is 0. The maximum absolute atomic E-state index is 12.9. The molecule has 0 aliphatic carbocycles. The van der Waals surface area contributed by atoms with Gasteiger partial charge in [-0.3, -0.25) is 9.59 Å². The first-order valence-corrected chi connectivity index (χ1v) is 11.3. The Morgan fingerprint density at radius 3 is 2.45 bits per heavy atom. The van der Waals surface area contributed by atoms with Crippen molar-refractivity contribution in [1.29, 1.82) is 0 Å². The Bertz CT molecular complexity index is 846. The van der Waals surface area contributed by atoms with E-state index >= 15 is 0 Å². The van der Waals surface area contributed by atoms with Gasteiger partial charge in [-0.05, 0) is 48.4 Å². The average Bonchev–Trinajstić information content (AvgIpc) is 2.81. The molecule has 166 valence electrons. The van der Waals surface area contributed by atoms with Gasteiger partial charge in [0.25, 0.3) is 5.91 Å². The van der Waals surface area contributed by atoms with Crippen LogP contribution >= 0.6 is 0 Å². The first-order chi connectivity index (χ1) is 15.0. The smallest absolute Gasteiger partial charge is 0.251 e. The quantitative estimate of drug-likeness (QED) is 0.679. The summed E-state index contributed by atoms with van der Waals surface area (Å²) in [6, 6.07) is 12.4. The van der Waals surface area contributed by atoms with E-state index in [1.54, 1.807) is 12.1 Å². The molecule has 2 aromatic rings. The van der Waals surface area contributed by atoms with Crippen LogP contribution in [0, 0.1) is 11.8 Å². The van der Waals surface area contributed by atoms with Crippen LogP contribution in [0.15, 0.2) is 48.7 Å². The molecule has 1 aromatic carbocycles. The van der Waals surface area contributed by atoms with E-state index in [0.29, 0.717) is 12.1 Å². The van der Waals surface area contributed by atoms with Crippen LogP contribution in [-0.4, -0.2) is 35.9 Å². The van der Waals surface area contributed by atoms with E-state index in [0.717, 1.165) is 36.8 Å². The third-order valence-electron chi connectivity index (χ3n) is 6.20. The zero-order chi connectivity index (χ0) is 22.2. The van der Waals surface area contributed by atoms with Gasteiger partial charge < -0.3 is 15.5 Å². The molecule has 2 N–H and O–H groups in total. The number of hydrogen-bond donors (Lipinski definition) is 2. The van der Waals surface area contributed by atoms with Gasteiger partial charge in [-0.2, -0.15) is 0 Å². The van der Waals surface area contributed by atoms with E-state index in [2.05, 4.69) is 27.4 Å². The van der Waals surface area contributed by atoms with Gasteiger partial charge in [0.05, 0.1) is 0 Å². The second-order valence-electron chi connectivity index (χ2n) is 8.61. The maximum atomic E-state index is 12.9. The Morgan fingerprint density at radius 2 is 1.84 bits per heavy atom. The molecule has 1 aliphatic heterocycles. The van der Waals surface area contributed by atoms with Crippen molar-refractivity contribution in [2.75, 3.05) is 18.0 Å². The largest absolute Gasteiger partial charge is 0.357 e. The third kappa shape index (κ3) is 6.29. The molecule has 0 saturated carbocycles. The lowest BCUT2D eigenvalue weighted by Gasteiger charge is -2.31. The molecule has 2 amide bonds. The summed E-state index contributed by atoms with van der Waals surface area (Å²) in [4.78, 5) is 32.3. The first kappa shape index (κ1) is 22.8. The predicted molar refractivity (Wildman–Crippen MR) is 124 cm³/mol. The van der Waals surface area contributed by atoms with Gasteiger partial charge in [0.1, 0.15) is 11.9 Å². The lowest BCUT2D eigenvalue weighted by Crippen LogP contribution is -2.50. The van der Waals surface area contributed by atoms with Gasteiger partial charge in [-0.25, -0.2) is 4.98 Å². The minimum absolute atomic E-state index is 0.0228. The van der Waals surface area contributed by atoms with Gasteiger partial charge in [0, 0.05) is 31.4 Å². The molecule has 1 aromatic heterocycles. The summed E-state index contributed by atoms with van der Waals surface area (Å²) in [5, 5.41) is 5.87. The fourth-order valence-corrected chi connectivity index (χ4v) is 3.76. The fraction of sp³-hybridized carbons (Fsp3) is 0.480. The van der Waals surface area contributed by atoms with Crippen LogP contribution in [0.3, 0.4) is 0 Å². The van der Waals surface area contributed by atoms with Crippen molar-refractivity contribution in [3.05, 3.63) is 59.8 Å². The highest BCUT2D eigenvalue weighted by Crippen LogP contribution is 2.21. The molecular formula is C25H34N4O2. The highest BCUT2D eigenvalue weighted by Gasteiger charge is 2.26. The second-order valence-corrected chi connectivity index (χ2v) is 8.61. The summed E-state index contributed by atoms with van der Waals surface area (Å²) >= 11 is 0. The molecule has 1 fully saturated rings. The lowest BCUT2D eigenvalue weighted by molar-refractivity contribution is -0.124. The highest BCUT2D eigenvalue weighted by molar-refractivity contribution is 5.97. The molecule has 0 spiro atoms. The molecule has 1 aliphatic rings. The van der Waals surface area contributed by atoms with E-state index in [4.69, 9.17) is 0 Å². The van der Waals surface area contributed by atoms with Gasteiger partial charge in [0.2, 0.25) is 5.91 Å². The number of anilines is 1. The monoisotopic (exact) mass is 422 g/mol.